The molecule has 6 heteroatoms. The molecule has 0 saturated heterocycles. The maximum Gasteiger partial charge on any atom is 0.453 e. The third kappa shape index (κ3) is 1.09. The van der Waals surface area contributed by atoms with Crippen LogP contribution in [0.3, 0.4) is 0 Å². The Morgan fingerprint density at radius 1 is 1.08 bits per heavy atom. The quantitative estimate of drug-likeness (QED) is 0.660. The van der Waals surface area contributed by atoms with Gasteiger partial charge in [-0.25, -0.2) is 0 Å². The van der Waals surface area contributed by atoms with Crippen LogP contribution >= 0.6 is 0 Å². The minimum Gasteiger partial charge on any atom is -0.396 e. The minimum absolute atomic E-state index is 0.268. The molecule has 12 heavy (non-hydrogen) atoms. The number of rotatable bonds is 2. The summed E-state index contributed by atoms with van der Waals surface area (Å²) in [6.45, 7) is -1.11. The number of aliphatic hydroxyl groups excluding tert-OH is 1. The van der Waals surface area contributed by atoms with E-state index in [1.807, 2.05) is 0 Å². The fraction of sp³-hybridized carbons (Fsp3) is 1.00. The highest BCUT2D eigenvalue weighted by molar-refractivity contribution is 5.06. The van der Waals surface area contributed by atoms with E-state index < -0.39 is 24.1 Å². The molecule has 0 aromatic heterocycles. The molecule has 0 atom stereocenters. The van der Waals surface area contributed by atoms with Gasteiger partial charge >= 0.3 is 12.1 Å². The highest BCUT2D eigenvalue weighted by Crippen LogP contribution is 2.61. The standard InChI is InChI=1S/C6H7F5O/c7-5(8,6(9,10)11)4(3-12)1-2-4/h12H,1-3H2. The summed E-state index contributed by atoms with van der Waals surface area (Å²) in [4.78, 5) is 0. The zero-order chi connectivity index (χ0) is 9.62. The van der Waals surface area contributed by atoms with Crippen molar-refractivity contribution < 1.29 is 27.1 Å². The van der Waals surface area contributed by atoms with E-state index in [2.05, 4.69) is 0 Å². The van der Waals surface area contributed by atoms with Crippen molar-refractivity contribution in [1.82, 2.24) is 0 Å². The predicted molar refractivity (Wildman–Crippen MR) is 29.8 cm³/mol. The van der Waals surface area contributed by atoms with Crippen molar-refractivity contribution in [3.8, 4) is 0 Å². The molecule has 0 aromatic rings. The van der Waals surface area contributed by atoms with E-state index in [1.54, 1.807) is 0 Å². The molecule has 1 rings (SSSR count). The van der Waals surface area contributed by atoms with Crippen LogP contribution in [0, 0.1) is 5.41 Å². The Kier molecular flexibility index (Phi) is 1.86. The Bertz CT molecular complexity index is 181. The molecule has 0 bridgehead atoms. The van der Waals surface area contributed by atoms with Gasteiger partial charge in [0.15, 0.2) is 0 Å². The molecule has 1 aliphatic rings. The number of hydrogen-bond donors (Lipinski definition) is 1. The molecule has 0 aromatic carbocycles. The van der Waals surface area contributed by atoms with Crippen LogP contribution in [0.25, 0.3) is 0 Å². The smallest absolute Gasteiger partial charge is 0.396 e. The Balaban J connectivity index is 2.85. The lowest BCUT2D eigenvalue weighted by Gasteiger charge is -2.26. The second-order valence-corrected chi connectivity index (χ2v) is 3.01. The van der Waals surface area contributed by atoms with Gasteiger partial charge in [-0.05, 0) is 12.8 Å². The van der Waals surface area contributed by atoms with Crippen molar-refractivity contribution in [2.75, 3.05) is 6.61 Å². The summed E-state index contributed by atoms with van der Waals surface area (Å²) in [6.07, 6.45) is -6.09. The van der Waals surface area contributed by atoms with Gasteiger partial charge in [0.1, 0.15) is 0 Å². The fourth-order valence-electron chi connectivity index (χ4n) is 1.02. The molecule has 0 spiro atoms. The van der Waals surface area contributed by atoms with Crippen molar-refractivity contribution in [1.29, 1.82) is 0 Å². The van der Waals surface area contributed by atoms with Crippen LogP contribution in [0.5, 0.6) is 0 Å². The van der Waals surface area contributed by atoms with Gasteiger partial charge < -0.3 is 5.11 Å². The number of aliphatic hydroxyl groups is 1. The summed E-state index contributed by atoms with van der Waals surface area (Å²) < 4.78 is 60.1. The number of alkyl halides is 5. The summed E-state index contributed by atoms with van der Waals surface area (Å²) in [6, 6.07) is 0. The first-order chi connectivity index (χ1) is 5.27. The normalized spacial score (nSPS) is 22.5. The summed E-state index contributed by atoms with van der Waals surface area (Å²) in [5, 5.41) is 8.38. The van der Waals surface area contributed by atoms with E-state index in [0.29, 0.717) is 0 Å². The van der Waals surface area contributed by atoms with Crippen molar-refractivity contribution in [2.24, 2.45) is 5.41 Å². The first kappa shape index (κ1) is 9.70. The summed E-state index contributed by atoms with van der Waals surface area (Å²) in [5.74, 6) is -4.76. The Hall–Kier alpha value is -0.390. The van der Waals surface area contributed by atoms with Gasteiger partial charge in [-0.15, -0.1) is 0 Å². The lowest BCUT2D eigenvalue weighted by Crippen LogP contribution is -2.46. The second kappa shape index (κ2) is 2.31. The molecule has 1 fully saturated rings. The van der Waals surface area contributed by atoms with E-state index in [0.717, 1.165) is 0 Å². The zero-order valence-corrected chi connectivity index (χ0v) is 5.96. The van der Waals surface area contributed by atoms with Gasteiger partial charge in [0.25, 0.3) is 0 Å². The van der Waals surface area contributed by atoms with Crippen LogP contribution in [0.2, 0.25) is 0 Å². The maximum atomic E-state index is 12.5. The van der Waals surface area contributed by atoms with Crippen molar-refractivity contribution >= 4 is 0 Å². The average molecular weight is 190 g/mol. The minimum atomic E-state index is -5.55. The average Bonchev–Trinajstić information content (AvgIpc) is 2.64. The van der Waals surface area contributed by atoms with E-state index in [4.69, 9.17) is 5.11 Å². The molecule has 72 valence electrons. The monoisotopic (exact) mass is 190 g/mol. The Morgan fingerprint density at radius 3 is 1.58 bits per heavy atom. The van der Waals surface area contributed by atoms with Crippen LogP contribution in [0.4, 0.5) is 22.0 Å². The molecule has 0 radical (unpaired) electrons. The van der Waals surface area contributed by atoms with Crippen molar-refractivity contribution in [3.63, 3.8) is 0 Å². The summed E-state index contributed by atoms with van der Waals surface area (Å²) in [7, 11) is 0. The third-order valence-corrected chi connectivity index (χ3v) is 2.18. The molecule has 1 N–H and O–H groups in total. The van der Waals surface area contributed by atoms with Crippen LogP contribution in [-0.2, 0) is 0 Å². The Labute approximate surface area is 65.2 Å². The molecular weight excluding hydrogens is 183 g/mol. The lowest BCUT2D eigenvalue weighted by molar-refractivity contribution is -0.312. The van der Waals surface area contributed by atoms with E-state index in [9.17, 15) is 22.0 Å². The van der Waals surface area contributed by atoms with Gasteiger partial charge in [0.2, 0.25) is 0 Å². The van der Waals surface area contributed by atoms with Gasteiger partial charge in [-0.2, -0.15) is 22.0 Å². The number of halogens is 5. The molecule has 0 aliphatic heterocycles. The summed E-state index contributed by atoms with van der Waals surface area (Å²) in [5.41, 5.74) is -2.23. The van der Waals surface area contributed by atoms with Crippen LogP contribution in [-0.4, -0.2) is 23.8 Å². The lowest BCUT2D eigenvalue weighted by atomic mass is 9.99. The first-order valence-electron chi connectivity index (χ1n) is 3.32. The van der Waals surface area contributed by atoms with Crippen LogP contribution < -0.4 is 0 Å². The molecular formula is C6H7F5O. The van der Waals surface area contributed by atoms with E-state index in [1.165, 1.54) is 0 Å². The Morgan fingerprint density at radius 2 is 1.50 bits per heavy atom. The summed E-state index contributed by atoms with van der Waals surface area (Å²) >= 11 is 0. The largest absolute Gasteiger partial charge is 0.453 e. The van der Waals surface area contributed by atoms with Crippen molar-refractivity contribution in [2.45, 2.75) is 24.9 Å². The number of hydrogen-bond acceptors (Lipinski definition) is 1. The SMILES string of the molecule is OCC1(C(F)(F)C(F)(F)F)CC1. The van der Waals surface area contributed by atoms with Crippen LogP contribution in [0.15, 0.2) is 0 Å². The topological polar surface area (TPSA) is 20.2 Å². The molecule has 1 saturated carbocycles. The molecule has 0 heterocycles. The highest BCUT2D eigenvalue weighted by Gasteiger charge is 2.74. The molecule has 1 nitrogen and oxygen atoms in total. The van der Waals surface area contributed by atoms with E-state index >= 15 is 0 Å². The van der Waals surface area contributed by atoms with Gasteiger partial charge in [0.05, 0.1) is 12.0 Å². The predicted octanol–water partition coefficient (Wildman–Crippen LogP) is 1.96. The van der Waals surface area contributed by atoms with Crippen LogP contribution in [0.1, 0.15) is 12.8 Å². The highest BCUT2D eigenvalue weighted by atomic mass is 19.4. The fourth-order valence-corrected chi connectivity index (χ4v) is 1.02. The van der Waals surface area contributed by atoms with Gasteiger partial charge in [0, 0.05) is 0 Å². The zero-order valence-electron chi connectivity index (χ0n) is 5.96. The van der Waals surface area contributed by atoms with E-state index in [-0.39, 0.29) is 12.8 Å². The third-order valence-electron chi connectivity index (χ3n) is 2.18. The molecule has 0 unspecified atom stereocenters. The molecule has 0 amide bonds. The van der Waals surface area contributed by atoms with Gasteiger partial charge in [-0.3, -0.25) is 0 Å². The second-order valence-electron chi connectivity index (χ2n) is 3.01. The first-order valence-corrected chi connectivity index (χ1v) is 3.32. The maximum absolute atomic E-state index is 12.5. The molecule has 1 aliphatic carbocycles. The van der Waals surface area contributed by atoms with Gasteiger partial charge in [-0.1, -0.05) is 0 Å². The van der Waals surface area contributed by atoms with Crippen molar-refractivity contribution in [3.05, 3.63) is 0 Å².